The smallest absolute Gasteiger partial charge is 0.427 e. The summed E-state index contributed by atoms with van der Waals surface area (Å²) in [7, 11) is 4.13. The quantitative estimate of drug-likeness (QED) is 0.511. The molecule has 0 spiro atoms. The number of hydrazone groups is 1. The lowest BCUT2D eigenvalue weighted by Gasteiger charge is -2.11. The highest BCUT2D eigenvalue weighted by Gasteiger charge is 2.15. The molecule has 0 saturated heterocycles. The van der Waals surface area contributed by atoms with Crippen molar-refractivity contribution in [1.82, 2.24) is 5.43 Å². The van der Waals surface area contributed by atoms with Crippen molar-refractivity contribution >= 4 is 23.6 Å². The molecular formula is C16H20N2O7. The number of hydrogen-bond donors (Lipinski definition) is 2. The zero-order chi connectivity index (χ0) is 18.8. The van der Waals surface area contributed by atoms with Gasteiger partial charge in [-0.2, -0.15) is 5.10 Å². The summed E-state index contributed by atoms with van der Waals surface area (Å²) in [6.07, 6.45) is -1.37. The SMILES string of the molecule is COC(=O)N/N=C(\CC(=O)CCC(=O)O)c1ccc(OC)c(OC)c1. The Morgan fingerprint density at radius 3 is 2.32 bits per heavy atom. The van der Waals surface area contributed by atoms with Crippen LogP contribution in [0.15, 0.2) is 23.3 Å². The van der Waals surface area contributed by atoms with Crippen molar-refractivity contribution in [2.24, 2.45) is 5.10 Å². The van der Waals surface area contributed by atoms with E-state index in [-0.39, 0.29) is 30.8 Å². The predicted octanol–water partition coefficient (Wildman–Crippen LogP) is 1.59. The van der Waals surface area contributed by atoms with E-state index >= 15 is 0 Å². The van der Waals surface area contributed by atoms with E-state index in [1.54, 1.807) is 18.2 Å². The van der Waals surface area contributed by atoms with Crippen molar-refractivity contribution in [3.8, 4) is 11.5 Å². The van der Waals surface area contributed by atoms with Gasteiger partial charge in [0.2, 0.25) is 0 Å². The third-order valence-corrected chi connectivity index (χ3v) is 3.17. The van der Waals surface area contributed by atoms with Crippen LogP contribution < -0.4 is 14.9 Å². The van der Waals surface area contributed by atoms with Crippen LogP contribution in [0.2, 0.25) is 0 Å². The second-order valence-electron chi connectivity index (χ2n) is 4.84. The minimum absolute atomic E-state index is 0.139. The van der Waals surface area contributed by atoms with Gasteiger partial charge >= 0.3 is 12.1 Å². The first-order valence-corrected chi connectivity index (χ1v) is 7.27. The Balaban J connectivity index is 3.07. The average molecular weight is 352 g/mol. The largest absolute Gasteiger partial charge is 0.493 e. The van der Waals surface area contributed by atoms with E-state index in [9.17, 15) is 14.4 Å². The fraction of sp³-hybridized carbons (Fsp3) is 0.375. The summed E-state index contributed by atoms with van der Waals surface area (Å²) < 4.78 is 14.8. The molecule has 0 radical (unpaired) electrons. The second-order valence-corrected chi connectivity index (χ2v) is 4.84. The Labute approximate surface area is 144 Å². The normalized spacial score (nSPS) is 10.8. The summed E-state index contributed by atoms with van der Waals surface area (Å²) in [6, 6.07) is 4.87. The molecule has 0 atom stereocenters. The first-order valence-electron chi connectivity index (χ1n) is 7.27. The van der Waals surface area contributed by atoms with Crippen LogP contribution in [0.25, 0.3) is 0 Å². The van der Waals surface area contributed by atoms with Crippen molar-refractivity contribution < 1.29 is 33.7 Å². The monoisotopic (exact) mass is 352 g/mol. The number of aliphatic carboxylic acids is 1. The van der Waals surface area contributed by atoms with Crippen LogP contribution in [0.5, 0.6) is 11.5 Å². The first-order chi connectivity index (χ1) is 11.9. The van der Waals surface area contributed by atoms with Crippen molar-refractivity contribution in [2.75, 3.05) is 21.3 Å². The molecule has 0 aromatic heterocycles. The van der Waals surface area contributed by atoms with Crippen LogP contribution in [-0.2, 0) is 14.3 Å². The summed E-state index contributed by atoms with van der Waals surface area (Å²) in [5, 5.41) is 12.6. The average Bonchev–Trinajstić information content (AvgIpc) is 2.62. The number of nitrogens with zero attached hydrogens (tertiary/aromatic N) is 1. The maximum absolute atomic E-state index is 12.0. The summed E-state index contributed by atoms with van der Waals surface area (Å²) in [6.45, 7) is 0. The molecule has 0 saturated carbocycles. The van der Waals surface area contributed by atoms with E-state index in [1.165, 1.54) is 21.3 Å². The highest BCUT2D eigenvalue weighted by molar-refractivity contribution is 6.11. The summed E-state index contributed by atoms with van der Waals surface area (Å²) in [5.74, 6) is -0.485. The minimum atomic E-state index is -1.06. The van der Waals surface area contributed by atoms with E-state index in [0.717, 1.165) is 0 Å². The van der Waals surface area contributed by atoms with Gasteiger partial charge in [0.05, 0.1) is 39.9 Å². The highest BCUT2D eigenvalue weighted by atomic mass is 16.5. The maximum atomic E-state index is 12.0. The lowest BCUT2D eigenvalue weighted by atomic mass is 10.0. The standard InChI is InChI=1S/C16H20N2O7/c1-23-13-6-4-10(8-14(13)24-2)12(17-18-16(22)25-3)9-11(19)5-7-15(20)21/h4,6,8H,5,7,9H2,1-3H3,(H,18,22)(H,20,21)/b17-12+. The zero-order valence-electron chi connectivity index (χ0n) is 14.2. The Morgan fingerprint density at radius 1 is 1.08 bits per heavy atom. The van der Waals surface area contributed by atoms with Gasteiger partial charge in [0.25, 0.3) is 0 Å². The molecule has 2 N–H and O–H groups in total. The van der Waals surface area contributed by atoms with Crippen molar-refractivity contribution in [3.63, 3.8) is 0 Å². The molecule has 0 unspecified atom stereocenters. The molecule has 0 fully saturated rings. The predicted molar refractivity (Wildman–Crippen MR) is 88.1 cm³/mol. The van der Waals surface area contributed by atoms with Gasteiger partial charge in [-0.15, -0.1) is 0 Å². The Bertz CT molecular complexity index is 670. The topological polar surface area (TPSA) is 124 Å². The molecule has 1 amide bonds. The summed E-state index contributed by atoms with van der Waals surface area (Å²) in [5.41, 5.74) is 2.90. The molecule has 9 heteroatoms. The molecular weight excluding hydrogens is 332 g/mol. The third kappa shape index (κ3) is 6.50. The molecule has 0 heterocycles. The third-order valence-electron chi connectivity index (χ3n) is 3.17. The van der Waals surface area contributed by atoms with Gasteiger partial charge in [-0.1, -0.05) is 0 Å². The van der Waals surface area contributed by atoms with Gasteiger partial charge in [-0.05, 0) is 18.2 Å². The van der Waals surface area contributed by atoms with E-state index in [1.807, 2.05) is 0 Å². The molecule has 1 aromatic carbocycles. The number of ketones is 1. The van der Waals surface area contributed by atoms with Crippen LogP contribution in [0.4, 0.5) is 4.79 Å². The fourth-order valence-electron chi connectivity index (χ4n) is 1.90. The highest BCUT2D eigenvalue weighted by Crippen LogP contribution is 2.28. The van der Waals surface area contributed by atoms with Crippen LogP contribution in [0, 0.1) is 0 Å². The van der Waals surface area contributed by atoms with Gasteiger partial charge in [0.1, 0.15) is 5.78 Å². The van der Waals surface area contributed by atoms with E-state index in [0.29, 0.717) is 17.1 Å². The Hall–Kier alpha value is -3.10. The molecule has 136 valence electrons. The molecule has 0 aliphatic rings. The number of rotatable bonds is 9. The van der Waals surface area contributed by atoms with E-state index in [2.05, 4.69) is 15.3 Å². The van der Waals surface area contributed by atoms with Crippen molar-refractivity contribution in [3.05, 3.63) is 23.8 Å². The molecule has 1 rings (SSSR count). The van der Waals surface area contributed by atoms with Crippen molar-refractivity contribution in [1.29, 1.82) is 0 Å². The zero-order valence-corrected chi connectivity index (χ0v) is 14.2. The number of Topliss-reactive ketones (excluding diaryl/α,β-unsaturated/α-hetero) is 1. The van der Waals surface area contributed by atoms with E-state index in [4.69, 9.17) is 14.6 Å². The van der Waals surface area contributed by atoms with Gasteiger partial charge < -0.3 is 19.3 Å². The maximum Gasteiger partial charge on any atom is 0.427 e. The van der Waals surface area contributed by atoms with Gasteiger partial charge in [-0.3, -0.25) is 9.59 Å². The number of carbonyl (C=O) groups is 3. The number of carboxylic acid groups (broad SMARTS) is 1. The summed E-state index contributed by atoms with van der Waals surface area (Å²) in [4.78, 5) is 33.8. The Kier molecular flexibility index (Phi) is 7.91. The number of benzene rings is 1. The van der Waals surface area contributed by atoms with Crippen molar-refractivity contribution in [2.45, 2.75) is 19.3 Å². The number of carboxylic acids is 1. The molecule has 0 aliphatic heterocycles. The van der Waals surface area contributed by atoms with Gasteiger partial charge in [0, 0.05) is 12.0 Å². The molecule has 0 bridgehead atoms. The molecule has 25 heavy (non-hydrogen) atoms. The minimum Gasteiger partial charge on any atom is -0.493 e. The summed E-state index contributed by atoms with van der Waals surface area (Å²) >= 11 is 0. The second kappa shape index (κ2) is 9.91. The van der Waals surface area contributed by atoms with Crippen LogP contribution in [0.1, 0.15) is 24.8 Å². The number of carbonyl (C=O) groups excluding carboxylic acids is 2. The number of amides is 1. The molecule has 9 nitrogen and oxygen atoms in total. The lowest BCUT2D eigenvalue weighted by Crippen LogP contribution is -2.21. The van der Waals surface area contributed by atoms with Gasteiger partial charge in [-0.25, -0.2) is 10.2 Å². The molecule has 1 aromatic rings. The lowest BCUT2D eigenvalue weighted by molar-refractivity contribution is -0.138. The number of nitrogens with one attached hydrogen (secondary N) is 1. The number of methoxy groups -OCH3 is 3. The van der Waals surface area contributed by atoms with Gasteiger partial charge in [0.15, 0.2) is 11.5 Å². The van der Waals surface area contributed by atoms with E-state index < -0.39 is 12.1 Å². The fourth-order valence-corrected chi connectivity index (χ4v) is 1.90. The molecule has 0 aliphatic carbocycles. The van der Waals surface area contributed by atoms with Crippen LogP contribution in [0.3, 0.4) is 0 Å². The Morgan fingerprint density at radius 2 is 1.76 bits per heavy atom. The van der Waals surface area contributed by atoms with Crippen LogP contribution in [-0.4, -0.2) is 50.0 Å². The number of ether oxygens (including phenoxy) is 3. The van der Waals surface area contributed by atoms with Crippen LogP contribution >= 0.6 is 0 Å². The number of hydrogen-bond acceptors (Lipinski definition) is 7. The first kappa shape index (κ1) is 19.9.